The van der Waals surface area contributed by atoms with Crippen LogP contribution in [0.5, 0.6) is 0 Å². The van der Waals surface area contributed by atoms with Crippen LogP contribution in [-0.2, 0) is 23.6 Å². The van der Waals surface area contributed by atoms with Crippen LogP contribution in [0, 0.1) is 0 Å². The number of carboxylic acids is 1. The van der Waals surface area contributed by atoms with E-state index < -0.39 is 63.1 Å². The maximum absolute atomic E-state index is 12.1. The van der Waals surface area contributed by atoms with Crippen molar-refractivity contribution in [2.45, 2.75) is 68.0 Å². The average molecular weight is 566 g/mol. The number of aliphatic hydroxyl groups excluding tert-OH is 2. The number of aliphatic carboxylic acids is 1. The lowest BCUT2D eigenvalue weighted by molar-refractivity contribution is -0.149. The Morgan fingerprint density at radius 2 is 2.00 bits per heavy atom. The Labute approximate surface area is 215 Å². The predicted octanol–water partition coefficient (Wildman–Crippen LogP) is 0.465. The maximum atomic E-state index is 12.1. The van der Waals surface area contributed by atoms with Crippen LogP contribution in [0.4, 0.5) is 5.82 Å². The molecule has 1 unspecified atom stereocenters. The van der Waals surface area contributed by atoms with Crippen LogP contribution < -0.4 is 5.32 Å². The molecule has 0 radical (unpaired) electrons. The van der Waals surface area contributed by atoms with Crippen LogP contribution in [0.1, 0.15) is 38.3 Å². The lowest BCUT2D eigenvalue weighted by Gasteiger charge is -2.33. The number of ether oxygens (including phenoxy) is 3. The molecule has 3 heterocycles. The third-order valence-corrected chi connectivity index (χ3v) is 8.19. The molecule has 1 aliphatic heterocycles. The number of halogens is 1. The van der Waals surface area contributed by atoms with Crippen molar-refractivity contribution in [1.29, 1.82) is 0 Å². The van der Waals surface area contributed by atoms with E-state index in [0.29, 0.717) is 11.2 Å². The standard InChI is InChI=1S/C20H29ClN5O10P/c1-34-9-20(6-13(27)28,37(31,32)33)35-8-12-14(29)15(30)18(36-12)26-17-11(7-22-26)16(24-19(21)25-17)23-10-4-2-3-5-10/h7,10,12,14-15,18,29-30H,2-6,8-9H2,1H3,(H,27,28)(H,23,24,25)(H2,31,32,33)/t12-,14-,15-,18-,20?/m0/s1. The second kappa shape index (κ2) is 11.0. The largest absolute Gasteiger partial charge is 0.481 e. The molecule has 0 bridgehead atoms. The Morgan fingerprint density at radius 1 is 1.30 bits per heavy atom. The van der Waals surface area contributed by atoms with Crippen molar-refractivity contribution in [3.8, 4) is 0 Å². The monoisotopic (exact) mass is 565 g/mol. The minimum absolute atomic E-state index is 0.0673. The molecule has 2 aromatic rings. The van der Waals surface area contributed by atoms with Gasteiger partial charge >= 0.3 is 13.6 Å². The number of methoxy groups -OCH3 is 1. The fourth-order valence-corrected chi connectivity index (χ4v) is 5.69. The molecule has 37 heavy (non-hydrogen) atoms. The first-order valence-electron chi connectivity index (χ1n) is 11.5. The molecule has 17 heteroatoms. The summed E-state index contributed by atoms with van der Waals surface area (Å²) < 4.78 is 29.3. The van der Waals surface area contributed by atoms with E-state index in [0.717, 1.165) is 32.8 Å². The molecule has 206 valence electrons. The van der Waals surface area contributed by atoms with E-state index in [1.165, 1.54) is 10.9 Å². The summed E-state index contributed by atoms with van der Waals surface area (Å²) in [4.78, 5) is 39.4. The Morgan fingerprint density at radius 3 is 2.62 bits per heavy atom. The molecule has 5 atom stereocenters. The molecule has 2 aliphatic rings. The Balaban J connectivity index is 1.56. The Hall–Kier alpha value is -1.94. The second-order valence-corrected chi connectivity index (χ2v) is 11.4. The van der Waals surface area contributed by atoms with Gasteiger partial charge in [-0.05, 0) is 24.4 Å². The summed E-state index contributed by atoms with van der Waals surface area (Å²) in [5, 5.41) is 36.0. The van der Waals surface area contributed by atoms with E-state index in [2.05, 4.69) is 20.4 Å². The van der Waals surface area contributed by atoms with E-state index in [9.17, 15) is 34.5 Å². The number of hydrogen-bond acceptors (Lipinski definition) is 11. The number of carboxylic acid groups (broad SMARTS) is 1. The molecule has 1 saturated carbocycles. The van der Waals surface area contributed by atoms with Gasteiger partial charge in [0.15, 0.2) is 11.9 Å². The summed E-state index contributed by atoms with van der Waals surface area (Å²) in [7, 11) is -4.05. The summed E-state index contributed by atoms with van der Waals surface area (Å²) in [6.07, 6.45) is -1.11. The zero-order chi connectivity index (χ0) is 27.0. The van der Waals surface area contributed by atoms with Crippen LogP contribution in [0.2, 0.25) is 5.28 Å². The summed E-state index contributed by atoms with van der Waals surface area (Å²) >= 11 is 6.14. The highest BCUT2D eigenvalue weighted by Crippen LogP contribution is 2.54. The van der Waals surface area contributed by atoms with Gasteiger partial charge in [-0.25, -0.2) is 4.68 Å². The highest BCUT2D eigenvalue weighted by Gasteiger charge is 2.53. The third-order valence-electron chi connectivity index (χ3n) is 6.55. The maximum Gasteiger partial charge on any atom is 0.360 e. The fraction of sp³-hybridized carbons (Fsp3) is 0.700. The van der Waals surface area contributed by atoms with E-state index in [-0.39, 0.29) is 17.0 Å². The van der Waals surface area contributed by atoms with Crippen molar-refractivity contribution in [1.82, 2.24) is 19.7 Å². The van der Waals surface area contributed by atoms with Crippen molar-refractivity contribution in [3.63, 3.8) is 0 Å². The number of nitrogens with one attached hydrogen (secondary N) is 1. The number of anilines is 1. The van der Waals surface area contributed by atoms with Gasteiger partial charge in [0.05, 0.1) is 31.2 Å². The van der Waals surface area contributed by atoms with Crippen LogP contribution in [-0.4, -0.2) is 101 Å². The molecule has 1 saturated heterocycles. The molecule has 2 aromatic heterocycles. The fourth-order valence-electron chi connectivity index (χ4n) is 4.64. The lowest BCUT2D eigenvalue weighted by atomic mass is 10.1. The van der Waals surface area contributed by atoms with Crippen molar-refractivity contribution in [2.24, 2.45) is 0 Å². The van der Waals surface area contributed by atoms with Crippen molar-refractivity contribution in [3.05, 3.63) is 11.5 Å². The molecular weight excluding hydrogens is 537 g/mol. The van der Waals surface area contributed by atoms with Crippen LogP contribution in [0.25, 0.3) is 11.0 Å². The van der Waals surface area contributed by atoms with Gasteiger partial charge in [0.1, 0.15) is 24.1 Å². The van der Waals surface area contributed by atoms with Crippen molar-refractivity contribution in [2.75, 3.05) is 25.6 Å². The van der Waals surface area contributed by atoms with Crippen molar-refractivity contribution < 1.29 is 48.7 Å². The predicted molar refractivity (Wildman–Crippen MR) is 127 cm³/mol. The molecule has 4 rings (SSSR count). The van der Waals surface area contributed by atoms with Gasteiger partial charge in [-0.15, -0.1) is 0 Å². The van der Waals surface area contributed by atoms with E-state index in [1.54, 1.807) is 0 Å². The van der Waals surface area contributed by atoms with Crippen LogP contribution in [0.15, 0.2) is 6.20 Å². The third kappa shape index (κ3) is 5.75. The van der Waals surface area contributed by atoms with Gasteiger partial charge < -0.3 is 44.6 Å². The van der Waals surface area contributed by atoms with E-state index >= 15 is 0 Å². The first-order valence-corrected chi connectivity index (χ1v) is 13.5. The van der Waals surface area contributed by atoms with Gasteiger partial charge in [-0.3, -0.25) is 9.36 Å². The van der Waals surface area contributed by atoms with Crippen molar-refractivity contribution >= 4 is 42.0 Å². The molecular formula is C20H29ClN5O10P. The highest BCUT2D eigenvalue weighted by atomic mass is 35.5. The summed E-state index contributed by atoms with van der Waals surface area (Å²) in [5.74, 6) is -1.06. The summed E-state index contributed by atoms with van der Waals surface area (Å²) in [6.45, 7) is -1.41. The van der Waals surface area contributed by atoms with Gasteiger partial charge in [0.2, 0.25) is 10.6 Å². The zero-order valence-corrected chi connectivity index (χ0v) is 21.5. The first-order chi connectivity index (χ1) is 17.5. The molecule has 15 nitrogen and oxygen atoms in total. The number of fused-ring (bicyclic) bond motifs is 1. The number of aliphatic hydroxyl groups is 2. The van der Waals surface area contributed by atoms with Gasteiger partial charge in [0.25, 0.3) is 0 Å². The topological polar surface area (TPSA) is 219 Å². The number of nitrogens with zero attached hydrogens (tertiary/aromatic N) is 4. The van der Waals surface area contributed by atoms with Crippen LogP contribution in [0.3, 0.4) is 0 Å². The molecule has 6 N–H and O–H groups in total. The number of rotatable bonds is 11. The zero-order valence-electron chi connectivity index (χ0n) is 19.8. The van der Waals surface area contributed by atoms with E-state index in [1.807, 2.05) is 0 Å². The lowest BCUT2D eigenvalue weighted by Crippen LogP contribution is -2.43. The first kappa shape index (κ1) is 28.1. The quantitative estimate of drug-likeness (QED) is 0.161. The molecule has 0 amide bonds. The molecule has 2 fully saturated rings. The average Bonchev–Trinajstić information content (AvgIpc) is 3.52. The number of carbonyl (C=O) groups is 1. The number of hydrogen-bond donors (Lipinski definition) is 6. The number of aromatic nitrogens is 4. The Kier molecular flexibility index (Phi) is 8.38. The SMILES string of the molecule is COCC(CC(=O)O)(OC[C@@H]1O[C@H](n2ncc3c(NC4CCCC4)nc(Cl)nc32)[C@@H](O)[C@H]1O)P(=O)(O)O. The van der Waals surface area contributed by atoms with Gasteiger partial charge in [0, 0.05) is 13.2 Å². The van der Waals surface area contributed by atoms with E-state index in [4.69, 9.17) is 25.8 Å². The molecule has 1 aliphatic carbocycles. The highest BCUT2D eigenvalue weighted by molar-refractivity contribution is 7.53. The summed E-state index contributed by atoms with van der Waals surface area (Å²) in [5.41, 5.74) is 0.230. The van der Waals surface area contributed by atoms with Gasteiger partial charge in [-0.1, -0.05) is 12.8 Å². The summed E-state index contributed by atoms with van der Waals surface area (Å²) in [6, 6.07) is 0.224. The van der Waals surface area contributed by atoms with Gasteiger partial charge in [-0.2, -0.15) is 15.1 Å². The normalized spacial score (nSPS) is 26.5. The molecule has 0 aromatic carbocycles. The molecule has 0 spiro atoms. The minimum atomic E-state index is -5.17. The Bertz CT molecular complexity index is 1170. The smallest absolute Gasteiger partial charge is 0.360 e. The van der Waals surface area contributed by atoms with Crippen LogP contribution >= 0.6 is 19.2 Å². The second-order valence-electron chi connectivity index (χ2n) is 9.14. The minimum Gasteiger partial charge on any atom is -0.481 e.